The molecule has 31 heavy (non-hydrogen) atoms. The molecule has 0 aliphatic carbocycles. The number of aryl methyl sites for hydroxylation is 2. The van der Waals surface area contributed by atoms with Crippen molar-refractivity contribution in [2.45, 2.75) is 58.9 Å². The number of aromatic nitrogens is 2. The largest absolute Gasteiger partial charge is 0.445 e. The molecule has 0 N–H and O–H groups in total. The van der Waals surface area contributed by atoms with Crippen LogP contribution >= 0.6 is 0 Å². The molecule has 2 heterocycles. The number of carbonyl (C=O) groups excluding carboxylic acids is 2. The number of amides is 2. The molecule has 8 heteroatoms. The van der Waals surface area contributed by atoms with Crippen molar-refractivity contribution in [3.8, 4) is 0 Å². The van der Waals surface area contributed by atoms with E-state index < -0.39 is 5.60 Å². The van der Waals surface area contributed by atoms with E-state index in [0.717, 1.165) is 11.1 Å². The summed E-state index contributed by atoms with van der Waals surface area (Å²) < 4.78 is 12.9. The maximum atomic E-state index is 12.8. The molecule has 1 fully saturated rings. The average molecular weight is 429 g/mol. The fourth-order valence-electron chi connectivity index (χ4n) is 3.51. The number of rotatable bonds is 5. The van der Waals surface area contributed by atoms with Crippen LogP contribution in [-0.4, -0.2) is 63.0 Å². The van der Waals surface area contributed by atoms with E-state index in [-0.39, 0.29) is 24.8 Å². The van der Waals surface area contributed by atoms with E-state index in [4.69, 9.17) is 9.47 Å². The van der Waals surface area contributed by atoms with Gasteiger partial charge in [-0.05, 0) is 45.2 Å². The van der Waals surface area contributed by atoms with E-state index >= 15 is 0 Å². The number of nitrogens with zero attached hydrogens (tertiary/aromatic N) is 4. The van der Waals surface area contributed by atoms with Gasteiger partial charge in [0.1, 0.15) is 12.2 Å². The molecule has 3 rings (SSSR count). The zero-order valence-electron chi connectivity index (χ0n) is 18.8. The van der Waals surface area contributed by atoms with E-state index in [1.54, 1.807) is 16.0 Å². The third kappa shape index (κ3) is 6.73. The summed E-state index contributed by atoms with van der Waals surface area (Å²) >= 11 is 0. The van der Waals surface area contributed by atoms with E-state index in [1.807, 2.05) is 68.9 Å². The molecule has 1 atom stereocenters. The van der Waals surface area contributed by atoms with Crippen LogP contribution in [0.1, 0.15) is 38.3 Å². The number of carbonyl (C=O) groups is 2. The highest BCUT2D eigenvalue weighted by atomic mass is 16.6. The second-order valence-electron chi connectivity index (χ2n) is 8.88. The Morgan fingerprint density at radius 1 is 1.13 bits per heavy atom. The standard InChI is InChI=1S/C23H32N4O4/c1-18-14-24-26(15-18)11-10-20-16-25(12-13-27(20)22(29)31-23(2,3)4)21(28)30-17-19-8-6-5-7-9-19/h5-9,14-15,20H,10-13,16-17H2,1-4H3/t20-/m1/s1. The molecule has 0 bridgehead atoms. The Balaban J connectivity index is 1.63. The van der Waals surface area contributed by atoms with Gasteiger partial charge in [0.15, 0.2) is 0 Å². The predicted octanol–water partition coefficient (Wildman–Crippen LogP) is 3.84. The summed E-state index contributed by atoms with van der Waals surface area (Å²) in [7, 11) is 0. The molecule has 0 saturated carbocycles. The maximum absolute atomic E-state index is 12.8. The van der Waals surface area contributed by atoms with Crippen molar-refractivity contribution in [2.75, 3.05) is 19.6 Å². The predicted molar refractivity (Wildman–Crippen MR) is 117 cm³/mol. The van der Waals surface area contributed by atoms with Gasteiger partial charge in [-0.2, -0.15) is 5.10 Å². The highest BCUT2D eigenvalue weighted by Crippen LogP contribution is 2.19. The molecule has 8 nitrogen and oxygen atoms in total. The van der Waals surface area contributed by atoms with Gasteiger partial charge < -0.3 is 19.3 Å². The second-order valence-corrected chi connectivity index (χ2v) is 8.88. The highest BCUT2D eigenvalue weighted by Gasteiger charge is 2.35. The Bertz CT molecular complexity index is 875. The minimum atomic E-state index is -0.577. The lowest BCUT2D eigenvalue weighted by atomic mass is 10.1. The number of ether oxygens (including phenoxy) is 2. The van der Waals surface area contributed by atoms with E-state index in [9.17, 15) is 9.59 Å². The Labute approximate surface area is 183 Å². The monoisotopic (exact) mass is 428 g/mol. The Kier molecular flexibility index (Phi) is 7.20. The third-order valence-corrected chi connectivity index (χ3v) is 5.03. The lowest BCUT2D eigenvalue weighted by Gasteiger charge is -2.41. The molecule has 1 aliphatic heterocycles. The van der Waals surface area contributed by atoms with Crippen LogP contribution in [-0.2, 0) is 22.6 Å². The van der Waals surface area contributed by atoms with Crippen molar-refractivity contribution in [3.05, 3.63) is 53.9 Å². The van der Waals surface area contributed by atoms with Crippen molar-refractivity contribution >= 4 is 12.2 Å². The second kappa shape index (κ2) is 9.85. The van der Waals surface area contributed by atoms with Crippen LogP contribution in [0.2, 0.25) is 0 Å². The first kappa shape index (κ1) is 22.7. The van der Waals surface area contributed by atoms with Crippen LogP contribution in [0.3, 0.4) is 0 Å². The molecule has 0 unspecified atom stereocenters. The quantitative estimate of drug-likeness (QED) is 0.723. The molecule has 2 aromatic rings. The van der Waals surface area contributed by atoms with Crippen molar-refractivity contribution in [1.29, 1.82) is 0 Å². The molecule has 1 aliphatic rings. The first-order valence-corrected chi connectivity index (χ1v) is 10.7. The smallest absolute Gasteiger partial charge is 0.410 e. The Morgan fingerprint density at radius 3 is 2.52 bits per heavy atom. The summed E-state index contributed by atoms with van der Waals surface area (Å²) in [5.74, 6) is 0. The van der Waals surface area contributed by atoms with Crippen molar-refractivity contribution < 1.29 is 19.1 Å². The summed E-state index contributed by atoms with van der Waals surface area (Å²) in [6.07, 6.45) is 3.70. The Hall–Kier alpha value is -3.03. The zero-order chi connectivity index (χ0) is 22.4. The van der Waals surface area contributed by atoms with Gasteiger partial charge in [-0.25, -0.2) is 9.59 Å². The highest BCUT2D eigenvalue weighted by molar-refractivity contribution is 5.71. The van der Waals surface area contributed by atoms with Crippen molar-refractivity contribution in [2.24, 2.45) is 0 Å². The SMILES string of the molecule is Cc1cnn(CC[C@@H]2CN(C(=O)OCc3ccccc3)CCN2C(=O)OC(C)(C)C)c1. The van der Waals surface area contributed by atoms with Gasteiger partial charge >= 0.3 is 12.2 Å². The molecule has 0 spiro atoms. The molecule has 1 aromatic carbocycles. The van der Waals surface area contributed by atoms with Gasteiger partial charge in [0.25, 0.3) is 0 Å². The summed E-state index contributed by atoms with van der Waals surface area (Å²) in [5, 5.41) is 4.32. The van der Waals surface area contributed by atoms with Crippen LogP contribution in [0.25, 0.3) is 0 Å². The first-order valence-electron chi connectivity index (χ1n) is 10.7. The normalized spacial score (nSPS) is 16.8. The third-order valence-electron chi connectivity index (χ3n) is 5.03. The number of hydrogen-bond acceptors (Lipinski definition) is 5. The van der Waals surface area contributed by atoms with Gasteiger partial charge in [0, 0.05) is 32.4 Å². The van der Waals surface area contributed by atoms with Crippen LogP contribution in [0, 0.1) is 6.92 Å². The number of piperazine rings is 1. The van der Waals surface area contributed by atoms with Gasteiger partial charge in [-0.1, -0.05) is 30.3 Å². The van der Waals surface area contributed by atoms with Crippen molar-refractivity contribution in [3.63, 3.8) is 0 Å². The topological polar surface area (TPSA) is 76.9 Å². The maximum Gasteiger partial charge on any atom is 0.410 e. The number of hydrogen-bond donors (Lipinski definition) is 0. The van der Waals surface area contributed by atoms with Crippen molar-refractivity contribution in [1.82, 2.24) is 19.6 Å². The fourth-order valence-corrected chi connectivity index (χ4v) is 3.51. The van der Waals surface area contributed by atoms with Crippen LogP contribution in [0.4, 0.5) is 9.59 Å². The minimum Gasteiger partial charge on any atom is -0.445 e. The van der Waals surface area contributed by atoms with Gasteiger partial charge in [0.2, 0.25) is 0 Å². The first-order chi connectivity index (χ1) is 14.7. The number of benzene rings is 1. The summed E-state index contributed by atoms with van der Waals surface area (Å²) in [6.45, 7) is 9.61. The van der Waals surface area contributed by atoms with Crippen LogP contribution in [0.5, 0.6) is 0 Å². The minimum absolute atomic E-state index is 0.183. The molecule has 1 saturated heterocycles. The molecular weight excluding hydrogens is 396 g/mol. The summed E-state index contributed by atoms with van der Waals surface area (Å²) in [5.41, 5.74) is 1.44. The summed E-state index contributed by atoms with van der Waals surface area (Å²) in [4.78, 5) is 28.8. The molecular formula is C23H32N4O4. The van der Waals surface area contributed by atoms with Crippen LogP contribution in [0.15, 0.2) is 42.7 Å². The van der Waals surface area contributed by atoms with Gasteiger partial charge in [-0.3, -0.25) is 4.68 Å². The average Bonchev–Trinajstić information content (AvgIpc) is 3.15. The van der Waals surface area contributed by atoms with E-state index in [0.29, 0.717) is 32.6 Å². The molecule has 1 aromatic heterocycles. The van der Waals surface area contributed by atoms with E-state index in [2.05, 4.69) is 5.10 Å². The lowest BCUT2D eigenvalue weighted by molar-refractivity contribution is -0.00514. The fraction of sp³-hybridized carbons (Fsp3) is 0.522. The molecule has 0 radical (unpaired) electrons. The molecule has 2 amide bonds. The summed E-state index contributed by atoms with van der Waals surface area (Å²) in [6, 6.07) is 9.40. The lowest BCUT2D eigenvalue weighted by Crippen LogP contribution is -2.57. The van der Waals surface area contributed by atoms with E-state index in [1.165, 1.54) is 0 Å². The van der Waals surface area contributed by atoms with Crippen LogP contribution < -0.4 is 0 Å². The van der Waals surface area contributed by atoms with Gasteiger partial charge in [0.05, 0.1) is 12.2 Å². The molecule has 168 valence electrons. The zero-order valence-corrected chi connectivity index (χ0v) is 18.8. The Morgan fingerprint density at radius 2 is 1.87 bits per heavy atom. The van der Waals surface area contributed by atoms with Gasteiger partial charge in [-0.15, -0.1) is 0 Å².